The predicted molar refractivity (Wildman–Crippen MR) is 77.6 cm³/mol. The number of hydrogen-bond donors (Lipinski definition) is 2. The molecule has 20 heavy (non-hydrogen) atoms. The second kappa shape index (κ2) is 5.09. The molecule has 1 aromatic heterocycles. The summed E-state index contributed by atoms with van der Waals surface area (Å²) in [5.41, 5.74) is 7.43. The molecule has 5 nitrogen and oxygen atoms in total. The van der Waals surface area contributed by atoms with Gasteiger partial charge < -0.3 is 15.6 Å². The molecule has 1 aliphatic rings. The van der Waals surface area contributed by atoms with E-state index in [2.05, 4.69) is 4.98 Å². The molecule has 0 radical (unpaired) electrons. The monoisotopic (exact) mass is 271 g/mol. The molecule has 1 aromatic carbocycles. The number of carbonyl (C=O) groups is 1. The number of likely N-dealkylation sites (tertiary alicyclic amines) is 1. The summed E-state index contributed by atoms with van der Waals surface area (Å²) in [4.78, 5) is 29.3. The minimum absolute atomic E-state index is 0.00620. The number of rotatable bonds is 2. The molecule has 0 atom stereocenters. The van der Waals surface area contributed by atoms with Gasteiger partial charge in [-0.25, -0.2) is 0 Å². The number of nitrogens with two attached hydrogens (primary N) is 1. The van der Waals surface area contributed by atoms with Crippen molar-refractivity contribution in [1.82, 2.24) is 9.88 Å². The van der Waals surface area contributed by atoms with Crippen molar-refractivity contribution in [2.24, 2.45) is 5.73 Å². The van der Waals surface area contributed by atoms with Crippen LogP contribution >= 0.6 is 0 Å². The first-order chi connectivity index (χ1) is 9.69. The molecule has 0 bridgehead atoms. The minimum Gasteiger partial charge on any atom is -0.357 e. The number of H-pyrrole nitrogens is 1. The Morgan fingerprint density at radius 2 is 2.00 bits per heavy atom. The average Bonchev–Trinajstić information content (AvgIpc) is 3.00. The van der Waals surface area contributed by atoms with Crippen LogP contribution in [0.1, 0.15) is 28.9 Å². The molecule has 1 fully saturated rings. The van der Waals surface area contributed by atoms with Gasteiger partial charge in [-0.3, -0.25) is 9.59 Å². The lowest BCUT2D eigenvalue weighted by molar-refractivity contribution is 0.0793. The molecule has 2 aromatic rings. The third-order valence-corrected chi connectivity index (χ3v) is 3.75. The fourth-order valence-corrected chi connectivity index (χ4v) is 2.65. The number of benzene rings is 1. The molecule has 5 heteroatoms. The Balaban J connectivity index is 2.04. The highest BCUT2D eigenvalue weighted by Gasteiger charge is 2.19. The number of nitrogens with zero attached hydrogens (tertiary/aromatic N) is 1. The Morgan fingerprint density at radius 1 is 1.25 bits per heavy atom. The zero-order valence-electron chi connectivity index (χ0n) is 11.2. The van der Waals surface area contributed by atoms with Crippen LogP contribution in [0.2, 0.25) is 0 Å². The predicted octanol–water partition coefficient (Wildman–Crippen LogP) is 1.22. The number of aromatic amines is 1. The van der Waals surface area contributed by atoms with Gasteiger partial charge in [-0.15, -0.1) is 0 Å². The maximum Gasteiger partial charge on any atom is 0.253 e. The van der Waals surface area contributed by atoms with E-state index in [1.807, 2.05) is 4.90 Å². The van der Waals surface area contributed by atoms with Crippen LogP contribution < -0.4 is 11.2 Å². The number of fused-ring (bicyclic) bond motifs is 1. The fourth-order valence-electron chi connectivity index (χ4n) is 2.65. The Morgan fingerprint density at radius 3 is 2.70 bits per heavy atom. The van der Waals surface area contributed by atoms with Crippen molar-refractivity contribution >= 4 is 16.8 Å². The Hall–Kier alpha value is -2.14. The average molecular weight is 271 g/mol. The van der Waals surface area contributed by atoms with Crippen LogP contribution in [0.5, 0.6) is 0 Å². The highest BCUT2D eigenvalue weighted by atomic mass is 16.2. The summed E-state index contributed by atoms with van der Waals surface area (Å²) >= 11 is 0. The first kappa shape index (κ1) is 12.9. The molecule has 1 amide bonds. The molecule has 0 saturated carbocycles. The summed E-state index contributed by atoms with van der Waals surface area (Å²) in [7, 11) is 0. The minimum atomic E-state index is -0.102. The van der Waals surface area contributed by atoms with Crippen LogP contribution in [0, 0.1) is 0 Å². The van der Waals surface area contributed by atoms with Crippen molar-refractivity contribution in [2.75, 3.05) is 13.1 Å². The van der Waals surface area contributed by atoms with Gasteiger partial charge in [0.2, 0.25) is 0 Å². The first-order valence-electron chi connectivity index (χ1n) is 6.84. The molecule has 1 saturated heterocycles. The van der Waals surface area contributed by atoms with E-state index >= 15 is 0 Å². The van der Waals surface area contributed by atoms with Gasteiger partial charge in [0.15, 0.2) is 5.43 Å². The Kier molecular flexibility index (Phi) is 3.28. The molecule has 3 rings (SSSR count). The van der Waals surface area contributed by atoms with Crippen LogP contribution in [-0.2, 0) is 6.54 Å². The lowest BCUT2D eigenvalue weighted by Crippen LogP contribution is -2.27. The van der Waals surface area contributed by atoms with Crippen LogP contribution in [-0.4, -0.2) is 28.9 Å². The lowest BCUT2D eigenvalue weighted by Gasteiger charge is -2.15. The Labute approximate surface area is 116 Å². The Bertz CT molecular complexity index is 715. The molecule has 2 heterocycles. The number of pyridine rings is 1. The topological polar surface area (TPSA) is 79.2 Å². The van der Waals surface area contributed by atoms with Crippen LogP contribution in [0.3, 0.4) is 0 Å². The maximum absolute atomic E-state index is 12.3. The van der Waals surface area contributed by atoms with Gasteiger partial charge in [0.1, 0.15) is 0 Å². The second-order valence-corrected chi connectivity index (χ2v) is 5.12. The molecule has 1 aliphatic heterocycles. The zero-order chi connectivity index (χ0) is 14.1. The standard InChI is InChI=1S/C15H17N3O2/c16-9-11-8-14(19)12-7-10(3-4-13(12)17-11)15(20)18-5-1-2-6-18/h3-4,7-8H,1-2,5-6,9,16H2,(H,17,19). The molecule has 104 valence electrons. The van der Waals surface area contributed by atoms with E-state index in [1.165, 1.54) is 6.07 Å². The smallest absolute Gasteiger partial charge is 0.253 e. The van der Waals surface area contributed by atoms with Gasteiger partial charge >= 0.3 is 0 Å². The van der Waals surface area contributed by atoms with Crippen molar-refractivity contribution < 1.29 is 4.79 Å². The van der Waals surface area contributed by atoms with E-state index in [-0.39, 0.29) is 11.3 Å². The van der Waals surface area contributed by atoms with Gasteiger partial charge in [0.25, 0.3) is 5.91 Å². The van der Waals surface area contributed by atoms with Crippen LogP contribution in [0.25, 0.3) is 10.9 Å². The van der Waals surface area contributed by atoms with Gasteiger partial charge in [0, 0.05) is 47.9 Å². The SMILES string of the molecule is NCc1cc(=O)c2cc(C(=O)N3CCCC3)ccc2[nH]1. The van der Waals surface area contributed by atoms with Crippen LogP contribution in [0.15, 0.2) is 29.1 Å². The summed E-state index contributed by atoms with van der Waals surface area (Å²) < 4.78 is 0. The molecular formula is C15H17N3O2. The van der Waals surface area contributed by atoms with E-state index in [1.54, 1.807) is 18.2 Å². The van der Waals surface area contributed by atoms with Crippen molar-refractivity contribution in [3.63, 3.8) is 0 Å². The van der Waals surface area contributed by atoms with Crippen molar-refractivity contribution in [2.45, 2.75) is 19.4 Å². The number of aromatic nitrogens is 1. The summed E-state index contributed by atoms with van der Waals surface area (Å²) in [5.74, 6) is 0.00620. The number of carbonyl (C=O) groups excluding carboxylic acids is 1. The highest BCUT2D eigenvalue weighted by Crippen LogP contribution is 2.16. The lowest BCUT2D eigenvalue weighted by atomic mass is 10.1. The summed E-state index contributed by atoms with van der Waals surface area (Å²) in [6.07, 6.45) is 2.11. The number of amides is 1. The molecule has 0 aliphatic carbocycles. The van der Waals surface area contributed by atoms with Gasteiger partial charge in [-0.2, -0.15) is 0 Å². The zero-order valence-corrected chi connectivity index (χ0v) is 11.2. The van der Waals surface area contributed by atoms with Crippen molar-refractivity contribution in [3.8, 4) is 0 Å². The molecule has 0 unspecified atom stereocenters. The van der Waals surface area contributed by atoms with E-state index in [4.69, 9.17) is 5.73 Å². The fraction of sp³-hybridized carbons (Fsp3) is 0.333. The maximum atomic E-state index is 12.3. The number of hydrogen-bond acceptors (Lipinski definition) is 3. The second-order valence-electron chi connectivity index (χ2n) is 5.12. The largest absolute Gasteiger partial charge is 0.357 e. The van der Waals surface area contributed by atoms with Crippen LogP contribution in [0.4, 0.5) is 0 Å². The van der Waals surface area contributed by atoms with E-state index in [9.17, 15) is 9.59 Å². The van der Waals surface area contributed by atoms with Crippen molar-refractivity contribution in [3.05, 3.63) is 45.7 Å². The molecule has 0 spiro atoms. The van der Waals surface area contributed by atoms with E-state index < -0.39 is 0 Å². The quantitative estimate of drug-likeness (QED) is 0.862. The van der Waals surface area contributed by atoms with Gasteiger partial charge in [-0.1, -0.05) is 0 Å². The summed E-state index contributed by atoms with van der Waals surface area (Å²) in [6.45, 7) is 1.90. The number of nitrogens with one attached hydrogen (secondary N) is 1. The van der Waals surface area contributed by atoms with E-state index in [0.717, 1.165) is 31.4 Å². The third-order valence-electron chi connectivity index (χ3n) is 3.75. The van der Waals surface area contributed by atoms with E-state index in [0.29, 0.717) is 23.2 Å². The molecular weight excluding hydrogens is 254 g/mol. The van der Waals surface area contributed by atoms with Crippen molar-refractivity contribution in [1.29, 1.82) is 0 Å². The van der Waals surface area contributed by atoms with Gasteiger partial charge in [0.05, 0.1) is 0 Å². The third kappa shape index (κ3) is 2.20. The normalized spacial score (nSPS) is 14.9. The first-order valence-corrected chi connectivity index (χ1v) is 6.84. The summed E-state index contributed by atoms with van der Waals surface area (Å²) in [6, 6.07) is 6.71. The highest BCUT2D eigenvalue weighted by molar-refractivity contribution is 5.98. The summed E-state index contributed by atoms with van der Waals surface area (Å²) in [5, 5.41) is 0.534. The van der Waals surface area contributed by atoms with Gasteiger partial charge in [-0.05, 0) is 31.0 Å². The molecule has 3 N–H and O–H groups in total.